The first-order valence-corrected chi connectivity index (χ1v) is 9.02. The van der Waals surface area contributed by atoms with E-state index in [1.54, 1.807) is 35.3 Å². The van der Waals surface area contributed by atoms with Gasteiger partial charge in [-0.3, -0.25) is 0 Å². The molecule has 7 heteroatoms. The van der Waals surface area contributed by atoms with E-state index in [9.17, 15) is 0 Å². The number of nitrogens with zero attached hydrogens (tertiary/aromatic N) is 4. The van der Waals surface area contributed by atoms with E-state index in [1.807, 2.05) is 43.3 Å². The number of anilines is 1. The fourth-order valence-electron chi connectivity index (χ4n) is 3.41. The molecule has 0 unspecified atom stereocenters. The number of pyridine rings is 1. The Morgan fingerprint density at radius 2 is 1.90 bits per heavy atom. The van der Waals surface area contributed by atoms with Crippen LogP contribution in [0.4, 0.5) is 10.2 Å². The first-order valence-electron chi connectivity index (χ1n) is 9.02. The Morgan fingerprint density at radius 1 is 1.07 bits per heavy atom. The van der Waals surface area contributed by atoms with Crippen LogP contribution < -0.4 is 10.5 Å². The van der Waals surface area contributed by atoms with Crippen molar-refractivity contribution in [1.82, 2.24) is 19.4 Å². The summed E-state index contributed by atoms with van der Waals surface area (Å²) in [6.07, 6.45) is 4.87. The largest absolute Gasteiger partial charge is 0.439 e. The summed E-state index contributed by atoms with van der Waals surface area (Å²) >= 11 is 0. The molecular weight excluding hydrogens is 369 g/mol. The lowest BCUT2D eigenvalue weighted by Crippen LogP contribution is -1.97. The van der Waals surface area contributed by atoms with E-state index >= 15 is 4.39 Å². The Labute approximate surface area is 165 Å². The summed E-state index contributed by atoms with van der Waals surface area (Å²) in [5.74, 6) is 0.764. The number of hydrogen-bond acceptors (Lipinski definition) is 5. The van der Waals surface area contributed by atoms with E-state index < -0.39 is 5.82 Å². The molecule has 0 radical (unpaired) electrons. The zero-order valence-corrected chi connectivity index (χ0v) is 15.5. The molecular formula is C22H16FN5O. The van der Waals surface area contributed by atoms with Gasteiger partial charge in [-0.25, -0.2) is 19.3 Å². The Kier molecular flexibility index (Phi) is 3.87. The van der Waals surface area contributed by atoms with E-state index in [-0.39, 0.29) is 11.3 Å². The van der Waals surface area contributed by atoms with Crippen molar-refractivity contribution < 1.29 is 9.13 Å². The van der Waals surface area contributed by atoms with Gasteiger partial charge < -0.3 is 14.9 Å². The van der Waals surface area contributed by atoms with Crippen LogP contribution >= 0.6 is 0 Å². The van der Waals surface area contributed by atoms with Crippen LogP contribution in [0.3, 0.4) is 0 Å². The number of nitrogen functional groups attached to an aromatic ring is 1. The summed E-state index contributed by atoms with van der Waals surface area (Å²) in [4.78, 5) is 12.9. The van der Waals surface area contributed by atoms with Crippen molar-refractivity contribution in [2.45, 2.75) is 6.92 Å². The highest BCUT2D eigenvalue weighted by atomic mass is 19.1. The lowest BCUT2D eigenvalue weighted by molar-refractivity contribution is 0.464. The molecule has 0 spiro atoms. The highest BCUT2D eigenvalue weighted by Crippen LogP contribution is 2.34. The monoisotopic (exact) mass is 385 g/mol. The fraction of sp³-hybridized carbons (Fsp3) is 0.0455. The van der Waals surface area contributed by atoms with Gasteiger partial charge in [0.25, 0.3) is 0 Å². The second-order valence-corrected chi connectivity index (χ2v) is 6.68. The van der Waals surface area contributed by atoms with Crippen molar-refractivity contribution >= 4 is 22.2 Å². The quantitative estimate of drug-likeness (QED) is 0.484. The van der Waals surface area contributed by atoms with Gasteiger partial charge >= 0.3 is 0 Å². The third kappa shape index (κ3) is 2.84. The van der Waals surface area contributed by atoms with Crippen molar-refractivity contribution in [3.8, 4) is 22.9 Å². The molecule has 2 aromatic carbocycles. The van der Waals surface area contributed by atoms with Crippen LogP contribution in [0.15, 0.2) is 67.3 Å². The summed E-state index contributed by atoms with van der Waals surface area (Å²) in [5.41, 5.74) is 8.37. The molecule has 0 atom stereocenters. The molecule has 3 aromatic heterocycles. The lowest BCUT2D eigenvalue weighted by Gasteiger charge is -2.11. The number of ether oxygens (including phenoxy) is 1. The van der Waals surface area contributed by atoms with Gasteiger partial charge in [-0.2, -0.15) is 0 Å². The lowest BCUT2D eigenvalue weighted by atomic mass is 10.0. The molecule has 0 saturated carbocycles. The van der Waals surface area contributed by atoms with Gasteiger partial charge in [0.2, 0.25) is 5.88 Å². The van der Waals surface area contributed by atoms with Gasteiger partial charge in [-0.05, 0) is 30.7 Å². The standard InChI is InChI=1S/C22H16FN5O/c1-13-11-17(29-14-5-3-2-4-6-14)27-19-15(13)7-8-16(18(19)23)20-21-22(24)25-9-10-28(21)12-26-20/h2-12H,1H3,(H2,24,25). The maximum atomic E-state index is 15.6. The number of fused-ring (bicyclic) bond motifs is 2. The van der Waals surface area contributed by atoms with E-state index in [2.05, 4.69) is 15.0 Å². The van der Waals surface area contributed by atoms with Gasteiger partial charge in [0, 0.05) is 29.4 Å². The Bertz CT molecular complexity index is 1360. The molecule has 5 aromatic rings. The van der Waals surface area contributed by atoms with E-state index in [0.717, 1.165) is 5.56 Å². The summed E-state index contributed by atoms with van der Waals surface area (Å²) in [6, 6.07) is 14.6. The molecule has 5 rings (SSSR count). The molecule has 0 amide bonds. The first kappa shape index (κ1) is 17.1. The fourth-order valence-corrected chi connectivity index (χ4v) is 3.41. The van der Waals surface area contributed by atoms with E-state index in [4.69, 9.17) is 10.5 Å². The van der Waals surface area contributed by atoms with Crippen LogP contribution in [-0.4, -0.2) is 19.4 Å². The normalized spacial score (nSPS) is 11.2. The SMILES string of the molecule is Cc1cc(Oc2ccccc2)nc2c(F)c(-c3ncn4ccnc(N)c34)ccc12. The van der Waals surface area contributed by atoms with Crippen LogP contribution in [-0.2, 0) is 0 Å². The topological polar surface area (TPSA) is 78.3 Å². The molecule has 0 aliphatic heterocycles. The minimum absolute atomic E-state index is 0.219. The van der Waals surface area contributed by atoms with Crippen molar-refractivity contribution in [2.75, 3.05) is 5.73 Å². The molecule has 0 bridgehead atoms. The average molecular weight is 385 g/mol. The Morgan fingerprint density at radius 3 is 2.72 bits per heavy atom. The third-order valence-electron chi connectivity index (χ3n) is 4.80. The number of para-hydroxylation sites is 1. The van der Waals surface area contributed by atoms with Crippen LogP contribution in [0, 0.1) is 12.7 Å². The predicted octanol–water partition coefficient (Wildman–Crippen LogP) is 4.77. The summed E-state index contributed by atoms with van der Waals surface area (Å²) in [7, 11) is 0. The number of halogens is 1. The number of aromatic nitrogens is 4. The van der Waals surface area contributed by atoms with Crippen molar-refractivity contribution in [1.29, 1.82) is 0 Å². The van der Waals surface area contributed by atoms with Gasteiger partial charge in [-0.15, -0.1) is 0 Å². The maximum Gasteiger partial charge on any atom is 0.220 e. The van der Waals surface area contributed by atoms with Crippen molar-refractivity contribution in [3.05, 3.63) is 78.6 Å². The van der Waals surface area contributed by atoms with Crippen LogP contribution in [0.1, 0.15) is 5.56 Å². The number of nitrogens with two attached hydrogens (primary N) is 1. The highest BCUT2D eigenvalue weighted by molar-refractivity contribution is 5.92. The Hall–Kier alpha value is -4.00. The number of hydrogen-bond donors (Lipinski definition) is 1. The van der Waals surface area contributed by atoms with Gasteiger partial charge in [0.05, 0.1) is 0 Å². The van der Waals surface area contributed by atoms with E-state index in [1.165, 1.54) is 0 Å². The number of imidazole rings is 1. The smallest absolute Gasteiger partial charge is 0.220 e. The molecule has 29 heavy (non-hydrogen) atoms. The molecule has 3 heterocycles. The third-order valence-corrected chi connectivity index (χ3v) is 4.80. The average Bonchev–Trinajstić information content (AvgIpc) is 3.15. The second-order valence-electron chi connectivity index (χ2n) is 6.68. The van der Waals surface area contributed by atoms with Gasteiger partial charge in [0.1, 0.15) is 34.6 Å². The maximum absolute atomic E-state index is 15.6. The highest BCUT2D eigenvalue weighted by Gasteiger charge is 2.18. The molecule has 6 nitrogen and oxygen atoms in total. The van der Waals surface area contributed by atoms with Gasteiger partial charge in [-0.1, -0.05) is 24.3 Å². The number of benzene rings is 2. The molecule has 0 aliphatic carbocycles. The molecule has 0 aliphatic rings. The van der Waals surface area contributed by atoms with E-state index in [0.29, 0.717) is 33.8 Å². The second kappa shape index (κ2) is 6.56. The summed E-state index contributed by atoms with van der Waals surface area (Å²) in [6.45, 7) is 1.90. The summed E-state index contributed by atoms with van der Waals surface area (Å²) < 4.78 is 23.1. The van der Waals surface area contributed by atoms with Crippen LogP contribution in [0.5, 0.6) is 11.6 Å². The zero-order chi connectivity index (χ0) is 20.0. The summed E-state index contributed by atoms with van der Waals surface area (Å²) in [5, 5.41) is 0.710. The van der Waals surface area contributed by atoms with Crippen molar-refractivity contribution in [3.63, 3.8) is 0 Å². The molecule has 0 saturated heterocycles. The minimum Gasteiger partial charge on any atom is -0.439 e. The van der Waals surface area contributed by atoms with Gasteiger partial charge in [0.15, 0.2) is 5.82 Å². The van der Waals surface area contributed by atoms with Crippen LogP contribution in [0.25, 0.3) is 27.7 Å². The molecule has 142 valence electrons. The number of rotatable bonds is 3. The Balaban J connectivity index is 1.69. The molecule has 2 N–H and O–H groups in total. The van der Waals surface area contributed by atoms with Crippen molar-refractivity contribution in [2.24, 2.45) is 0 Å². The minimum atomic E-state index is -0.479. The number of aryl methyl sites for hydroxylation is 1. The zero-order valence-electron chi connectivity index (χ0n) is 15.5. The molecule has 0 fully saturated rings. The van der Waals surface area contributed by atoms with Crippen LogP contribution in [0.2, 0.25) is 0 Å². The predicted molar refractivity (Wildman–Crippen MR) is 109 cm³/mol. The first-order chi connectivity index (χ1) is 14.1.